The van der Waals surface area contributed by atoms with Gasteiger partial charge in [0.15, 0.2) is 0 Å². The minimum absolute atomic E-state index is 0.320. The van der Waals surface area contributed by atoms with Crippen LogP contribution in [0, 0.1) is 13.8 Å². The molecule has 2 aliphatic heterocycles. The molecule has 0 amide bonds. The summed E-state index contributed by atoms with van der Waals surface area (Å²) in [5, 5.41) is 0. The third kappa shape index (κ3) is 3.78. The molecule has 0 saturated carbocycles. The third-order valence-corrected chi connectivity index (χ3v) is 6.50. The Morgan fingerprint density at radius 1 is 1.14 bits per heavy atom. The van der Waals surface area contributed by atoms with Gasteiger partial charge in [-0.2, -0.15) is 0 Å². The van der Waals surface area contributed by atoms with Crippen LogP contribution in [0.1, 0.15) is 59.1 Å². The van der Waals surface area contributed by atoms with Crippen molar-refractivity contribution in [2.75, 3.05) is 27.2 Å². The predicted molar refractivity (Wildman–Crippen MR) is 112 cm³/mol. The molecule has 0 spiro atoms. The highest BCUT2D eigenvalue weighted by molar-refractivity contribution is 5.43. The zero-order valence-electron chi connectivity index (χ0n) is 17.7. The molecule has 5 nitrogen and oxygen atoms in total. The lowest BCUT2D eigenvalue weighted by atomic mass is 9.97. The van der Waals surface area contributed by atoms with E-state index in [2.05, 4.69) is 49.0 Å². The van der Waals surface area contributed by atoms with Crippen molar-refractivity contribution in [1.82, 2.24) is 19.8 Å². The minimum atomic E-state index is 0.320. The van der Waals surface area contributed by atoms with Gasteiger partial charge >= 0.3 is 0 Å². The number of likely N-dealkylation sites (tertiary alicyclic amines) is 1. The van der Waals surface area contributed by atoms with Crippen molar-refractivity contribution < 1.29 is 4.74 Å². The van der Waals surface area contributed by atoms with Crippen LogP contribution >= 0.6 is 0 Å². The summed E-state index contributed by atoms with van der Waals surface area (Å²) in [5.41, 5.74) is 6.50. The Balaban J connectivity index is 1.58. The van der Waals surface area contributed by atoms with Gasteiger partial charge in [0.05, 0.1) is 13.2 Å². The smallest absolute Gasteiger partial charge is 0.145 e. The van der Waals surface area contributed by atoms with Gasteiger partial charge in [0.2, 0.25) is 0 Å². The van der Waals surface area contributed by atoms with E-state index in [1.54, 1.807) is 7.11 Å². The van der Waals surface area contributed by atoms with Gasteiger partial charge in [-0.15, -0.1) is 0 Å². The highest BCUT2D eigenvalue weighted by atomic mass is 16.5. The van der Waals surface area contributed by atoms with E-state index in [-0.39, 0.29) is 0 Å². The fraction of sp³-hybridized carbons (Fsp3) is 0.565. The first kappa shape index (κ1) is 19.3. The summed E-state index contributed by atoms with van der Waals surface area (Å²) in [6.45, 7) is 8.46. The first-order valence-electron chi connectivity index (χ1n) is 10.5. The van der Waals surface area contributed by atoms with Crippen LogP contribution in [0.5, 0.6) is 5.75 Å². The summed E-state index contributed by atoms with van der Waals surface area (Å²) < 4.78 is 5.48. The van der Waals surface area contributed by atoms with E-state index in [0.29, 0.717) is 6.04 Å². The number of piperidine rings is 1. The number of rotatable bonds is 4. The van der Waals surface area contributed by atoms with Crippen LogP contribution in [0.2, 0.25) is 0 Å². The van der Waals surface area contributed by atoms with Crippen molar-refractivity contribution in [3.05, 3.63) is 52.1 Å². The second-order valence-corrected chi connectivity index (χ2v) is 8.35. The molecule has 4 rings (SSSR count). The van der Waals surface area contributed by atoms with Gasteiger partial charge in [0.1, 0.15) is 11.6 Å². The molecule has 1 fully saturated rings. The number of hydrogen-bond acceptors (Lipinski definition) is 5. The molecule has 3 heterocycles. The van der Waals surface area contributed by atoms with E-state index in [1.807, 2.05) is 0 Å². The van der Waals surface area contributed by atoms with Crippen molar-refractivity contribution >= 4 is 0 Å². The van der Waals surface area contributed by atoms with Crippen LogP contribution in [0.25, 0.3) is 0 Å². The van der Waals surface area contributed by atoms with Gasteiger partial charge in [-0.3, -0.25) is 4.90 Å². The summed E-state index contributed by atoms with van der Waals surface area (Å²) in [4.78, 5) is 14.8. The molecule has 2 aliphatic rings. The highest BCUT2D eigenvalue weighted by Crippen LogP contribution is 2.33. The maximum atomic E-state index is 5.48. The van der Waals surface area contributed by atoms with Gasteiger partial charge < -0.3 is 9.64 Å². The molecule has 1 saturated heterocycles. The average Bonchev–Trinajstić information content (AvgIpc) is 2.71. The quantitative estimate of drug-likeness (QED) is 0.807. The Kier molecular flexibility index (Phi) is 5.65. The number of benzene rings is 1. The summed E-state index contributed by atoms with van der Waals surface area (Å²) >= 11 is 0. The number of hydrogen-bond donors (Lipinski definition) is 0. The fourth-order valence-electron chi connectivity index (χ4n) is 4.57. The summed E-state index contributed by atoms with van der Waals surface area (Å²) in [5.74, 6) is 1.99. The summed E-state index contributed by atoms with van der Waals surface area (Å²) in [7, 11) is 3.91. The third-order valence-electron chi connectivity index (χ3n) is 6.50. The zero-order valence-corrected chi connectivity index (χ0v) is 17.7. The molecule has 28 heavy (non-hydrogen) atoms. The van der Waals surface area contributed by atoms with E-state index < -0.39 is 0 Å². The Labute approximate surface area is 168 Å². The maximum Gasteiger partial charge on any atom is 0.145 e. The van der Waals surface area contributed by atoms with E-state index >= 15 is 0 Å². The average molecular weight is 381 g/mol. The molecule has 0 bridgehead atoms. The molecule has 1 atom stereocenters. The Morgan fingerprint density at radius 2 is 2.00 bits per heavy atom. The van der Waals surface area contributed by atoms with Crippen molar-refractivity contribution in [3.8, 4) is 5.75 Å². The van der Waals surface area contributed by atoms with Gasteiger partial charge in [-0.25, -0.2) is 9.97 Å². The maximum absolute atomic E-state index is 5.48. The molecule has 5 heteroatoms. The van der Waals surface area contributed by atoms with Gasteiger partial charge in [0, 0.05) is 43.5 Å². The second kappa shape index (κ2) is 8.18. The molecule has 0 aliphatic carbocycles. The summed E-state index contributed by atoms with van der Waals surface area (Å²) in [6, 6.07) is 4.64. The first-order chi connectivity index (χ1) is 13.6. The van der Waals surface area contributed by atoms with Crippen LogP contribution in [0.3, 0.4) is 0 Å². The minimum Gasteiger partial charge on any atom is -0.496 e. The van der Waals surface area contributed by atoms with Crippen LogP contribution in [0.4, 0.5) is 0 Å². The van der Waals surface area contributed by atoms with E-state index in [1.165, 1.54) is 40.8 Å². The molecule has 2 aromatic rings. The molecular weight excluding hydrogens is 348 g/mol. The Hall–Kier alpha value is -1.98. The molecule has 0 radical (unpaired) electrons. The summed E-state index contributed by atoms with van der Waals surface area (Å²) in [6.07, 6.45) is 6.76. The number of nitrogens with zero attached hydrogens (tertiary/aromatic N) is 4. The first-order valence-corrected chi connectivity index (χ1v) is 10.5. The number of ether oxygens (including phenoxy) is 1. The van der Waals surface area contributed by atoms with E-state index in [9.17, 15) is 0 Å². The SMILES string of the molecule is COc1ccc(CN2CCCC[C@H]2c2ncc3c(n2)CCN(C)C3)c(C)c1C. The topological polar surface area (TPSA) is 41.5 Å². The molecular formula is C23H32N4O. The Bertz CT molecular complexity index is 851. The van der Waals surface area contributed by atoms with Crippen LogP contribution in [0.15, 0.2) is 18.3 Å². The lowest BCUT2D eigenvalue weighted by Crippen LogP contribution is -2.35. The monoisotopic (exact) mass is 380 g/mol. The Morgan fingerprint density at radius 3 is 2.82 bits per heavy atom. The lowest BCUT2D eigenvalue weighted by molar-refractivity contribution is 0.133. The molecule has 150 valence electrons. The van der Waals surface area contributed by atoms with Gasteiger partial charge in [-0.05, 0) is 63.0 Å². The van der Waals surface area contributed by atoms with Crippen molar-refractivity contribution in [3.63, 3.8) is 0 Å². The predicted octanol–water partition coefficient (Wildman–Crippen LogP) is 3.82. The highest BCUT2D eigenvalue weighted by Gasteiger charge is 2.28. The molecule has 1 aromatic carbocycles. The molecule has 0 unspecified atom stereocenters. The van der Waals surface area contributed by atoms with Crippen LogP contribution in [-0.2, 0) is 19.5 Å². The largest absolute Gasteiger partial charge is 0.496 e. The van der Waals surface area contributed by atoms with E-state index in [4.69, 9.17) is 14.7 Å². The van der Waals surface area contributed by atoms with E-state index in [0.717, 1.165) is 50.6 Å². The standard InChI is InChI=1S/C23H32N4O/c1-16-17(2)22(28-4)9-8-18(16)15-27-11-6-5-7-21(27)23-24-13-19-14-26(3)12-10-20(19)25-23/h8-9,13,21H,5-7,10-12,14-15H2,1-4H3/t21-/m0/s1. The fourth-order valence-corrected chi connectivity index (χ4v) is 4.57. The van der Waals surface area contributed by atoms with Gasteiger partial charge in [0.25, 0.3) is 0 Å². The van der Waals surface area contributed by atoms with Crippen molar-refractivity contribution in [1.29, 1.82) is 0 Å². The second-order valence-electron chi connectivity index (χ2n) is 8.35. The van der Waals surface area contributed by atoms with Gasteiger partial charge in [-0.1, -0.05) is 12.5 Å². The van der Waals surface area contributed by atoms with Crippen molar-refractivity contribution in [2.24, 2.45) is 0 Å². The normalized spacial score (nSPS) is 20.8. The number of fused-ring (bicyclic) bond motifs is 1. The zero-order chi connectivity index (χ0) is 19.7. The number of methoxy groups -OCH3 is 1. The van der Waals surface area contributed by atoms with Crippen LogP contribution < -0.4 is 4.74 Å². The van der Waals surface area contributed by atoms with Crippen molar-refractivity contribution in [2.45, 2.75) is 58.7 Å². The molecule has 0 N–H and O–H groups in total. The van der Waals surface area contributed by atoms with Crippen LogP contribution in [-0.4, -0.2) is 47.0 Å². The number of aromatic nitrogens is 2. The molecule has 1 aromatic heterocycles. The lowest BCUT2D eigenvalue weighted by Gasteiger charge is -2.36. The number of likely N-dealkylation sites (N-methyl/N-ethyl adjacent to an activating group) is 1.